The van der Waals surface area contributed by atoms with Gasteiger partial charge in [0, 0.05) is 10.6 Å². The second-order valence-electron chi connectivity index (χ2n) is 3.40. The Morgan fingerprint density at radius 2 is 1.82 bits per heavy atom. The average molecular weight is 266 g/mol. The van der Waals surface area contributed by atoms with Crippen LogP contribution in [-0.4, -0.2) is 29.5 Å². The van der Waals surface area contributed by atoms with E-state index >= 15 is 0 Å². The highest BCUT2D eigenvalue weighted by Gasteiger charge is 2.46. The summed E-state index contributed by atoms with van der Waals surface area (Å²) in [6.07, 6.45) is -8.62. The van der Waals surface area contributed by atoms with Gasteiger partial charge in [-0.1, -0.05) is 23.7 Å². The number of aliphatic hydroxyl groups excluding tert-OH is 1. The largest absolute Gasteiger partial charge is 0.435 e. The Kier molecular flexibility index (Phi) is 3.11. The molecule has 1 heterocycles. The molecular formula is C10H7ClF3NO2. The third kappa shape index (κ3) is 2.59. The van der Waals surface area contributed by atoms with Crippen LogP contribution in [0.15, 0.2) is 29.3 Å². The molecule has 0 bridgehead atoms. The Morgan fingerprint density at radius 1 is 1.24 bits per heavy atom. The van der Waals surface area contributed by atoms with Crippen molar-refractivity contribution in [1.29, 1.82) is 0 Å². The first-order chi connectivity index (χ1) is 7.88. The normalized spacial score (nSPS) is 24.9. The van der Waals surface area contributed by atoms with Gasteiger partial charge in [-0.3, -0.25) is 0 Å². The minimum atomic E-state index is -4.63. The molecule has 1 N–H and O–H groups in total. The molecule has 17 heavy (non-hydrogen) atoms. The molecule has 2 atom stereocenters. The van der Waals surface area contributed by atoms with Crippen molar-refractivity contribution in [2.75, 3.05) is 0 Å². The molecule has 2 rings (SSSR count). The van der Waals surface area contributed by atoms with Gasteiger partial charge in [0.25, 0.3) is 0 Å². The molecule has 0 spiro atoms. The summed E-state index contributed by atoms with van der Waals surface area (Å²) < 4.78 is 41.3. The minimum absolute atomic E-state index is 0.149. The number of aliphatic imine (C=N–C) groups is 1. The number of hydrogen-bond acceptors (Lipinski definition) is 3. The van der Waals surface area contributed by atoms with Crippen molar-refractivity contribution in [1.82, 2.24) is 0 Å². The maximum atomic E-state index is 12.3. The number of rotatable bonds is 1. The zero-order valence-corrected chi connectivity index (χ0v) is 9.03. The van der Waals surface area contributed by atoms with E-state index in [2.05, 4.69) is 9.73 Å². The third-order valence-corrected chi connectivity index (χ3v) is 2.42. The molecular weight excluding hydrogens is 259 g/mol. The number of hydrogen-bond donors (Lipinski definition) is 1. The smallest absolute Gasteiger partial charge is 0.363 e. The monoisotopic (exact) mass is 265 g/mol. The van der Waals surface area contributed by atoms with Crippen LogP contribution in [0.3, 0.4) is 0 Å². The molecule has 0 amide bonds. The lowest BCUT2D eigenvalue weighted by molar-refractivity contribution is -0.236. The number of nitrogens with zero attached hydrogens (tertiary/aromatic N) is 1. The van der Waals surface area contributed by atoms with Gasteiger partial charge in [0.15, 0.2) is 0 Å². The number of halogens is 4. The highest BCUT2D eigenvalue weighted by molar-refractivity contribution is 6.30. The Bertz CT molecular complexity index is 444. The van der Waals surface area contributed by atoms with E-state index in [-0.39, 0.29) is 5.71 Å². The van der Waals surface area contributed by atoms with Gasteiger partial charge < -0.3 is 9.84 Å². The van der Waals surface area contributed by atoms with E-state index in [0.717, 1.165) is 0 Å². The zero-order chi connectivity index (χ0) is 12.6. The van der Waals surface area contributed by atoms with Crippen molar-refractivity contribution >= 4 is 17.3 Å². The molecule has 0 saturated heterocycles. The maximum absolute atomic E-state index is 12.3. The van der Waals surface area contributed by atoms with Crippen LogP contribution in [-0.2, 0) is 4.74 Å². The molecule has 92 valence electrons. The van der Waals surface area contributed by atoms with Crippen LogP contribution in [0.1, 0.15) is 5.56 Å². The van der Waals surface area contributed by atoms with Crippen molar-refractivity contribution in [3.8, 4) is 0 Å². The molecule has 1 aromatic rings. The van der Waals surface area contributed by atoms with E-state index < -0.39 is 18.7 Å². The highest BCUT2D eigenvalue weighted by Crippen LogP contribution is 2.30. The van der Waals surface area contributed by atoms with Crippen LogP contribution in [0.25, 0.3) is 0 Å². The topological polar surface area (TPSA) is 41.8 Å². The molecule has 1 aromatic carbocycles. The lowest BCUT2D eigenvalue weighted by atomic mass is 10.1. The molecule has 3 nitrogen and oxygen atoms in total. The SMILES string of the molecule is OC1OC(C(F)(F)F)N=C1c1ccc(Cl)cc1. The van der Waals surface area contributed by atoms with E-state index in [1.165, 1.54) is 24.3 Å². The lowest BCUT2D eigenvalue weighted by Crippen LogP contribution is -2.29. The first-order valence-corrected chi connectivity index (χ1v) is 4.99. The van der Waals surface area contributed by atoms with Gasteiger partial charge in [-0.25, -0.2) is 4.99 Å². The number of benzene rings is 1. The van der Waals surface area contributed by atoms with Crippen LogP contribution in [0.4, 0.5) is 13.2 Å². The molecule has 1 aliphatic rings. The van der Waals surface area contributed by atoms with Gasteiger partial charge in [-0.2, -0.15) is 13.2 Å². The first kappa shape index (κ1) is 12.3. The summed E-state index contributed by atoms with van der Waals surface area (Å²) in [4.78, 5) is 3.32. The van der Waals surface area contributed by atoms with Crippen molar-refractivity contribution in [3.05, 3.63) is 34.9 Å². The molecule has 2 unspecified atom stereocenters. The second kappa shape index (κ2) is 4.29. The number of aliphatic hydroxyl groups is 1. The summed E-state index contributed by atoms with van der Waals surface area (Å²) in [5.41, 5.74) is 0.192. The quantitative estimate of drug-likeness (QED) is 0.847. The Labute approximate surface area is 99.5 Å². The van der Waals surface area contributed by atoms with Crippen molar-refractivity contribution in [2.45, 2.75) is 18.7 Å². The van der Waals surface area contributed by atoms with Crippen molar-refractivity contribution < 1.29 is 23.0 Å². The van der Waals surface area contributed by atoms with Crippen LogP contribution in [0.5, 0.6) is 0 Å². The summed E-state index contributed by atoms with van der Waals surface area (Å²) in [6.45, 7) is 0. The maximum Gasteiger partial charge on any atom is 0.435 e. The Morgan fingerprint density at radius 3 is 2.29 bits per heavy atom. The van der Waals surface area contributed by atoms with Gasteiger partial charge in [0.2, 0.25) is 12.5 Å². The van der Waals surface area contributed by atoms with Crippen LogP contribution >= 0.6 is 11.6 Å². The lowest BCUT2D eigenvalue weighted by Gasteiger charge is -2.11. The third-order valence-electron chi connectivity index (χ3n) is 2.17. The van der Waals surface area contributed by atoms with E-state index in [1.807, 2.05) is 0 Å². The molecule has 1 aliphatic heterocycles. The standard InChI is InChI=1S/C10H7ClF3NO2/c11-6-3-1-5(2-4-6)7-8(16)17-9(15-7)10(12,13)14/h1-4,8-9,16H. The molecule has 0 radical (unpaired) electrons. The average Bonchev–Trinajstić information content (AvgIpc) is 2.61. The summed E-state index contributed by atoms with van der Waals surface area (Å²) in [5, 5.41) is 9.80. The van der Waals surface area contributed by atoms with E-state index in [1.54, 1.807) is 0 Å². The van der Waals surface area contributed by atoms with Crippen LogP contribution in [0.2, 0.25) is 5.02 Å². The first-order valence-electron chi connectivity index (χ1n) is 4.62. The van der Waals surface area contributed by atoms with Crippen molar-refractivity contribution in [2.24, 2.45) is 4.99 Å². The Balaban J connectivity index is 2.29. The summed E-state index contributed by atoms with van der Waals surface area (Å²) in [6, 6.07) is 5.92. The van der Waals surface area contributed by atoms with E-state index in [9.17, 15) is 18.3 Å². The van der Waals surface area contributed by atoms with Crippen LogP contribution in [0, 0.1) is 0 Å². The zero-order valence-electron chi connectivity index (χ0n) is 8.28. The van der Waals surface area contributed by atoms with Gasteiger partial charge >= 0.3 is 6.18 Å². The van der Waals surface area contributed by atoms with Crippen LogP contribution < -0.4 is 0 Å². The van der Waals surface area contributed by atoms with Gasteiger partial charge in [-0.15, -0.1) is 0 Å². The number of alkyl halides is 3. The predicted octanol–water partition coefficient (Wildman–Crippen LogP) is 2.37. The molecule has 7 heteroatoms. The molecule has 0 aromatic heterocycles. The Hall–Kier alpha value is -1.11. The van der Waals surface area contributed by atoms with Gasteiger partial charge in [-0.05, 0) is 12.1 Å². The minimum Gasteiger partial charge on any atom is -0.363 e. The highest BCUT2D eigenvalue weighted by atomic mass is 35.5. The number of ether oxygens (including phenoxy) is 1. The van der Waals surface area contributed by atoms with Crippen molar-refractivity contribution in [3.63, 3.8) is 0 Å². The van der Waals surface area contributed by atoms with E-state index in [0.29, 0.717) is 10.6 Å². The van der Waals surface area contributed by atoms with E-state index in [4.69, 9.17) is 11.6 Å². The fourth-order valence-electron chi connectivity index (χ4n) is 1.40. The predicted molar refractivity (Wildman–Crippen MR) is 54.9 cm³/mol. The fraction of sp³-hybridized carbons (Fsp3) is 0.300. The second-order valence-corrected chi connectivity index (χ2v) is 3.84. The summed E-state index contributed by atoms with van der Waals surface area (Å²) in [5.74, 6) is 0. The fourth-order valence-corrected chi connectivity index (χ4v) is 1.52. The van der Waals surface area contributed by atoms with Gasteiger partial charge in [0.05, 0.1) is 0 Å². The van der Waals surface area contributed by atoms with Gasteiger partial charge in [0.1, 0.15) is 5.71 Å². The summed E-state index contributed by atoms with van der Waals surface area (Å²) >= 11 is 5.64. The molecule has 0 aliphatic carbocycles. The molecule has 0 fully saturated rings. The summed E-state index contributed by atoms with van der Waals surface area (Å²) in [7, 11) is 0. The molecule has 0 saturated carbocycles.